The highest BCUT2D eigenvalue weighted by atomic mass is 16.5. The lowest BCUT2D eigenvalue weighted by Crippen LogP contribution is -2.36. The van der Waals surface area contributed by atoms with Crippen LogP contribution in [0.5, 0.6) is 5.75 Å². The maximum atomic E-state index is 6.03. The van der Waals surface area contributed by atoms with Gasteiger partial charge < -0.3 is 20.3 Å². The number of nitrogen functional groups attached to an aromatic ring is 1. The van der Waals surface area contributed by atoms with Crippen LogP contribution < -0.4 is 20.3 Å². The molecule has 0 radical (unpaired) electrons. The zero-order chi connectivity index (χ0) is 14.8. The lowest BCUT2D eigenvalue weighted by Gasteiger charge is -2.37. The SMILES string of the molecule is CCOc1cc(N)cc(N2CCN(C)c3ccccc32)c1. The summed E-state index contributed by atoms with van der Waals surface area (Å²) >= 11 is 0. The standard InChI is InChI=1S/C17H21N3O/c1-3-21-15-11-13(18)10-14(12-15)20-9-8-19(2)16-6-4-5-7-17(16)20/h4-7,10-12H,3,8-9,18H2,1-2H3. The van der Waals surface area contributed by atoms with E-state index >= 15 is 0 Å². The van der Waals surface area contributed by atoms with Crippen LogP contribution >= 0.6 is 0 Å². The number of likely N-dealkylation sites (N-methyl/N-ethyl adjacent to an activating group) is 1. The number of para-hydroxylation sites is 2. The first-order valence-electron chi connectivity index (χ1n) is 7.30. The van der Waals surface area contributed by atoms with Crippen molar-refractivity contribution >= 4 is 22.7 Å². The van der Waals surface area contributed by atoms with Crippen LogP contribution in [0.4, 0.5) is 22.7 Å². The molecule has 0 saturated heterocycles. The fourth-order valence-electron chi connectivity index (χ4n) is 2.79. The van der Waals surface area contributed by atoms with Gasteiger partial charge in [-0.3, -0.25) is 0 Å². The van der Waals surface area contributed by atoms with Gasteiger partial charge in [0.1, 0.15) is 5.75 Å². The summed E-state index contributed by atoms with van der Waals surface area (Å²) in [4.78, 5) is 4.58. The molecule has 0 atom stereocenters. The van der Waals surface area contributed by atoms with Crippen molar-refractivity contribution in [1.29, 1.82) is 0 Å². The number of hydrogen-bond acceptors (Lipinski definition) is 4. The van der Waals surface area contributed by atoms with E-state index in [4.69, 9.17) is 10.5 Å². The number of nitrogens with zero attached hydrogens (tertiary/aromatic N) is 2. The van der Waals surface area contributed by atoms with Gasteiger partial charge in [-0.1, -0.05) is 12.1 Å². The van der Waals surface area contributed by atoms with Gasteiger partial charge in [-0.05, 0) is 25.1 Å². The molecule has 2 aromatic rings. The quantitative estimate of drug-likeness (QED) is 0.878. The second kappa shape index (κ2) is 5.56. The highest BCUT2D eigenvalue weighted by molar-refractivity contribution is 5.80. The Kier molecular flexibility index (Phi) is 3.60. The van der Waals surface area contributed by atoms with Crippen LogP contribution in [0.1, 0.15) is 6.92 Å². The minimum atomic E-state index is 0.641. The molecule has 0 spiro atoms. The topological polar surface area (TPSA) is 41.7 Å². The van der Waals surface area contributed by atoms with Crippen molar-refractivity contribution in [3.63, 3.8) is 0 Å². The van der Waals surface area contributed by atoms with Gasteiger partial charge >= 0.3 is 0 Å². The Labute approximate surface area is 125 Å². The Hall–Kier alpha value is -2.36. The number of ether oxygens (including phenoxy) is 1. The number of benzene rings is 2. The zero-order valence-electron chi connectivity index (χ0n) is 12.5. The maximum Gasteiger partial charge on any atom is 0.123 e. The molecule has 21 heavy (non-hydrogen) atoms. The van der Waals surface area contributed by atoms with E-state index < -0.39 is 0 Å². The molecule has 1 aliphatic rings. The van der Waals surface area contributed by atoms with E-state index in [-0.39, 0.29) is 0 Å². The lowest BCUT2D eigenvalue weighted by atomic mass is 10.1. The highest BCUT2D eigenvalue weighted by Gasteiger charge is 2.21. The van der Waals surface area contributed by atoms with Crippen LogP contribution in [-0.4, -0.2) is 26.7 Å². The normalized spacial score (nSPS) is 14.0. The summed E-state index contributed by atoms with van der Waals surface area (Å²) in [7, 11) is 2.13. The van der Waals surface area contributed by atoms with Gasteiger partial charge in [0.25, 0.3) is 0 Å². The van der Waals surface area contributed by atoms with Crippen LogP contribution in [0, 0.1) is 0 Å². The average Bonchev–Trinajstić information content (AvgIpc) is 2.47. The third kappa shape index (κ3) is 2.61. The van der Waals surface area contributed by atoms with Crippen LogP contribution in [0.25, 0.3) is 0 Å². The number of rotatable bonds is 3. The van der Waals surface area contributed by atoms with Crippen LogP contribution in [-0.2, 0) is 0 Å². The second-order valence-corrected chi connectivity index (χ2v) is 5.26. The molecule has 2 aromatic carbocycles. The summed E-state index contributed by atoms with van der Waals surface area (Å²) < 4.78 is 5.61. The Morgan fingerprint density at radius 1 is 1.10 bits per heavy atom. The van der Waals surface area contributed by atoms with Crippen LogP contribution in [0.3, 0.4) is 0 Å². The molecule has 0 aromatic heterocycles. The predicted molar refractivity (Wildman–Crippen MR) is 88.7 cm³/mol. The molecule has 3 rings (SSSR count). The van der Waals surface area contributed by atoms with Gasteiger partial charge in [-0.25, -0.2) is 0 Å². The molecule has 0 bridgehead atoms. The first-order chi connectivity index (χ1) is 10.2. The van der Waals surface area contributed by atoms with E-state index in [1.807, 2.05) is 19.1 Å². The van der Waals surface area contributed by atoms with E-state index in [9.17, 15) is 0 Å². The number of fused-ring (bicyclic) bond motifs is 1. The van der Waals surface area contributed by atoms with Gasteiger partial charge in [0.2, 0.25) is 0 Å². The summed E-state index contributed by atoms with van der Waals surface area (Å²) in [5.41, 5.74) is 10.3. The van der Waals surface area contributed by atoms with Gasteiger partial charge in [0.05, 0.1) is 18.0 Å². The van der Waals surface area contributed by atoms with Crippen molar-refractivity contribution in [1.82, 2.24) is 0 Å². The fraction of sp³-hybridized carbons (Fsp3) is 0.294. The van der Waals surface area contributed by atoms with E-state index in [0.29, 0.717) is 6.61 Å². The largest absolute Gasteiger partial charge is 0.494 e. The Balaban J connectivity index is 2.03. The molecule has 2 N–H and O–H groups in total. The van der Waals surface area contributed by atoms with Crippen molar-refractivity contribution in [3.8, 4) is 5.75 Å². The van der Waals surface area contributed by atoms with E-state index in [1.54, 1.807) is 0 Å². The molecule has 1 aliphatic heterocycles. The molecular formula is C17H21N3O. The number of nitrogens with two attached hydrogens (primary N) is 1. The van der Waals surface area contributed by atoms with E-state index in [1.165, 1.54) is 11.4 Å². The van der Waals surface area contributed by atoms with Crippen molar-refractivity contribution in [2.45, 2.75) is 6.92 Å². The zero-order valence-corrected chi connectivity index (χ0v) is 12.5. The van der Waals surface area contributed by atoms with Gasteiger partial charge in [-0.2, -0.15) is 0 Å². The van der Waals surface area contributed by atoms with Crippen molar-refractivity contribution in [3.05, 3.63) is 42.5 Å². The summed E-state index contributed by atoms with van der Waals surface area (Å²) in [6.45, 7) is 4.54. The molecule has 0 fully saturated rings. The number of hydrogen-bond donors (Lipinski definition) is 1. The van der Waals surface area contributed by atoms with Crippen molar-refractivity contribution in [2.75, 3.05) is 42.3 Å². The molecule has 0 unspecified atom stereocenters. The Morgan fingerprint density at radius 2 is 1.86 bits per heavy atom. The minimum Gasteiger partial charge on any atom is -0.494 e. The molecule has 0 aliphatic carbocycles. The summed E-state index contributed by atoms with van der Waals surface area (Å²) in [5.74, 6) is 0.823. The monoisotopic (exact) mass is 283 g/mol. The molecule has 1 heterocycles. The third-order valence-corrected chi connectivity index (χ3v) is 3.78. The van der Waals surface area contributed by atoms with E-state index in [2.05, 4.69) is 47.2 Å². The Bertz CT molecular complexity index is 642. The third-order valence-electron chi connectivity index (χ3n) is 3.78. The molecule has 0 saturated carbocycles. The molecule has 0 amide bonds. The second-order valence-electron chi connectivity index (χ2n) is 5.26. The summed E-state index contributed by atoms with van der Waals surface area (Å²) in [5, 5.41) is 0. The smallest absolute Gasteiger partial charge is 0.123 e. The fourth-order valence-corrected chi connectivity index (χ4v) is 2.79. The Morgan fingerprint density at radius 3 is 2.62 bits per heavy atom. The first kappa shape index (κ1) is 13.6. The van der Waals surface area contributed by atoms with Crippen LogP contribution in [0.2, 0.25) is 0 Å². The van der Waals surface area contributed by atoms with Crippen LogP contribution in [0.15, 0.2) is 42.5 Å². The average molecular weight is 283 g/mol. The highest BCUT2D eigenvalue weighted by Crippen LogP contribution is 2.38. The van der Waals surface area contributed by atoms with Gasteiger partial charge in [0.15, 0.2) is 0 Å². The molecular weight excluding hydrogens is 262 g/mol. The van der Waals surface area contributed by atoms with Gasteiger partial charge in [0, 0.05) is 43.6 Å². The minimum absolute atomic E-state index is 0.641. The van der Waals surface area contributed by atoms with Gasteiger partial charge in [-0.15, -0.1) is 0 Å². The molecule has 4 nitrogen and oxygen atoms in total. The van der Waals surface area contributed by atoms with Crippen molar-refractivity contribution < 1.29 is 4.74 Å². The molecule has 110 valence electrons. The maximum absolute atomic E-state index is 6.03. The number of anilines is 4. The summed E-state index contributed by atoms with van der Waals surface area (Å²) in [6.07, 6.45) is 0. The van der Waals surface area contributed by atoms with E-state index in [0.717, 1.165) is 30.2 Å². The summed E-state index contributed by atoms with van der Waals surface area (Å²) in [6, 6.07) is 14.4. The predicted octanol–water partition coefficient (Wildman–Crippen LogP) is 3.26. The first-order valence-corrected chi connectivity index (χ1v) is 7.30. The van der Waals surface area contributed by atoms with Crippen molar-refractivity contribution in [2.24, 2.45) is 0 Å². The molecule has 4 heteroatoms. The lowest BCUT2D eigenvalue weighted by molar-refractivity contribution is 0.340.